The van der Waals surface area contributed by atoms with Gasteiger partial charge in [0.2, 0.25) is 5.78 Å². The van der Waals surface area contributed by atoms with E-state index in [0.29, 0.717) is 24.6 Å². The number of benzene rings is 2. The Morgan fingerprint density at radius 2 is 1.72 bits per heavy atom. The Balaban J connectivity index is 2.05. The molecule has 0 aromatic heterocycles. The molecule has 0 spiro atoms. The molecule has 0 radical (unpaired) electrons. The van der Waals surface area contributed by atoms with Crippen LogP contribution >= 0.6 is 0 Å². The second kappa shape index (κ2) is 12.2. The van der Waals surface area contributed by atoms with Crippen LogP contribution in [0.15, 0.2) is 48.0 Å². The number of carbonyl (C=O) groups is 2. The second-order valence-electron chi connectivity index (χ2n) is 9.96. The van der Waals surface area contributed by atoms with Crippen LogP contribution in [-0.2, 0) is 16.0 Å². The molecule has 0 aliphatic carbocycles. The molecule has 6 nitrogen and oxygen atoms in total. The molecule has 2 aromatic rings. The van der Waals surface area contributed by atoms with Gasteiger partial charge in [0, 0.05) is 5.57 Å². The summed E-state index contributed by atoms with van der Waals surface area (Å²) < 4.78 is 5.85. The molecular formula is C30H40N2O4. The van der Waals surface area contributed by atoms with Crippen molar-refractivity contribution in [1.29, 1.82) is 0 Å². The average molecular weight is 493 g/mol. The van der Waals surface area contributed by atoms with E-state index in [1.807, 2.05) is 31.2 Å². The van der Waals surface area contributed by atoms with Crippen LogP contribution in [0.25, 0.3) is 5.76 Å². The zero-order valence-corrected chi connectivity index (χ0v) is 22.5. The molecule has 1 fully saturated rings. The van der Waals surface area contributed by atoms with E-state index in [4.69, 9.17) is 4.74 Å². The number of ketones is 1. The van der Waals surface area contributed by atoms with E-state index in [2.05, 4.69) is 34.6 Å². The van der Waals surface area contributed by atoms with Gasteiger partial charge in [-0.2, -0.15) is 0 Å². The summed E-state index contributed by atoms with van der Waals surface area (Å²) in [5.41, 5.74) is 3.21. The molecule has 1 amide bonds. The highest BCUT2D eigenvalue weighted by Gasteiger charge is 2.44. The van der Waals surface area contributed by atoms with Crippen molar-refractivity contribution in [1.82, 2.24) is 4.90 Å². The van der Waals surface area contributed by atoms with E-state index in [1.54, 1.807) is 23.1 Å². The molecule has 6 heteroatoms. The third-order valence-corrected chi connectivity index (χ3v) is 6.95. The minimum absolute atomic E-state index is 0.0362. The molecule has 1 aliphatic rings. The number of nitrogens with zero attached hydrogens (tertiary/aromatic N) is 1. The highest BCUT2D eigenvalue weighted by atomic mass is 16.5. The van der Waals surface area contributed by atoms with Crippen molar-refractivity contribution in [3.8, 4) is 5.75 Å². The van der Waals surface area contributed by atoms with Crippen molar-refractivity contribution in [2.45, 2.75) is 54.0 Å². The summed E-state index contributed by atoms with van der Waals surface area (Å²) in [6, 6.07) is 12.4. The van der Waals surface area contributed by atoms with Gasteiger partial charge in [-0.15, -0.1) is 0 Å². The summed E-state index contributed by atoms with van der Waals surface area (Å²) in [5, 5.41) is 13.8. The van der Waals surface area contributed by atoms with Crippen molar-refractivity contribution < 1.29 is 24.3 Å². The van der Waals surface area contributed by atoms with E-state index < -0.39 is 23.5 Å². The van der Waals surface area contributed by atoms with Crippen LogP contribution in [-0.4, -0.2) is 49.4 Å². The first-order chi connectivity index (χ1) is 17.2. The predicted molar refractivity (Wildman–Crippen MR) is 141 cm³/mol. The topological polar surface area (TPSA) is 74.1 Å². The number of nitrogens with one attached hydrogen (secondary N) is 1. The molecular weight excluding hydrogens is 452 g/mol. The molecule has 0 bridgehead atoms. The van der Waals surface area contributed by atoms with Crippen LogP contribution in [0.3, 0.4) is 0 Å². The number of likely N-dealkylation sites (N-methyl/N-ethyl adjacent to an activating group) is 1. The van der Waals surface area contributed by atoms with Crippen LogP contribution in [0.1, 0.15) is 62.9 Å². The number of ether oxygens (including phenoxy) is 1. The lowest BCUT2D eigenvalue weighted by Crippen LogP contribution is -3.12. The molecule has 1 unspecified atom stereocenters. The van der Waals surface area contributed by atoms with Crippen molar-refractivity contribution in [2.24, 2.45) is 5.92 Å². The smallest absolute Gasteiger partial charge is 0.295 e. The van der Waals surface area contributed by atoms with Gasteiger partial charge in [0.05, 0.1) is 38.8 Å². The highest BCUT2D eigenvalue weighted by molar-refractivity contribution is 6.46. The fourth-order valence-electron chi connectivity index (χ4n) is 4.63. The maximum absolute atomic E-state index is 13.8. The summed E-state index contributed by atoms with van der Waals surface area (Å²) in [6.45, 7) is 15.9. The molecule has 1 N–H and O–H groups in total. The number of Topliss-reactive ketones (excluding diaryl/α,β-unsaturated/α-hetero) is 1. The minimum Gasteiger partial charge on any atom is -0.872 e. The van der Waals surface area contributed by atoms with Crippen molar-refractivity contribution in [2.75, 3.05) is 32.8 Å². The summed E-state index contributed by atoms with van der Waals surface area (Å²) in [5.74, 6) is -0.587. The number of hydrogen-bond acceptors (Lipinski definition) is 4. The quantitative estimate of drug-likeness (QED) is 0.297. The molecule has 2 aromatic carbocycles. The maximum Gasteiger partial charge on any atom is 0.295 e. The van der Waals surface area contributed by atoms with Crippen LogP contribution in [0, 0.1) is 12.8 Å². The summed E-state index contributed by atoms with van der Waals surface area (Å²) in [7, 11) is 0. The van der Waals surface area contributed by atoms with E-state index >= 15 is 0 Å². The second-order valence-corrected chi connectivity index (χ2v) is 9.96. The molecule has 36 heavy (non-hydrogen) atoms. The monoisotopic (exact) mass is 492 g/mol. The van der Waals surface area contributed by atoms with Gasteiger partial charge in [-0.1, -0.05) is 56.9 Å². The molecule has 3 rings (SSSR count). The normalized spacial score (nSPS) is 17.4. The zero-order chi connectivity index (χ0) is 26.4. The number of amides is 1. The third kappa shape index (κ3) is 5.98. The van der Waals surface area contributed by atoms with Crippen molar-refractivity contribution >= 4 is 17.4 Å². The molecule has 1 heterocycles. The number of hydrogen-bond donors (Lipinski definition) is 1. The lowest BCUT2D eigenvalue weighted by Gasteiger charge is -2.29. The number of carbonyl (C=O) groups excluding carboxylic acids is 2. The van der Waals surface area contributed by atoms with Gasteiger partial charge in [0.15, 0.2) is 0 Å². The Kier molecular flexibility index (Phi) is 9.32. The number of likely N-dealkylation sites (tertiary alicyclic amines) is 1. The number of quaternary nitrogens is 1. The molecule has 1 saturated heterocycles. The summed E-state index contributed by atoms with van der Waals surface area (Å²) >= 11 is 0. The number of aryl methyl sites for hydroxylation is 2. The van der Waals surface area contributed by atoms with Crippen LogP contribution in [0.5, 0.6) is 5.75 Å². The first-order valence-corrected chi connectivity index (χ1v) is 13.1. The van der Waals surface area contributed by atoms with Gasteiger partial charge < -0.3 is 19.6 Å². The third-order valence-electron chi connectivity index (χ3n) is 6.95. The lowest BCUT2D eigenvalue weighted by atomic mass is 9.94. The van der Waals surface area contributed by atoms with Crippen LogP contribution in [0.4, 0.5) is 0 Å². The maximum atomic E-state index is 13.8. The van der Waals surface area contributed by atoms with Crippen LogP contribution in [0.2, 0.25) is 0 Å². The van der Waals surface area contributed by atoms with E-state index in [9.17, 15) is 14.7 Å². The fraction of sp³-hybridized carbons (Fsp3) is 0.467. The van der Waals surface area contributed by atoms with Gasteiger partial charge in [-0.3, -0.25) is 9.59 Å². The SMILES string of the molecule is CCc1ccc(C2/C(=C(\[O-])c3ccc(OCC(C)C)c(C)c3)C(=O)C(=O)N2CC[NH+](CC)CC)cc1. The van der Waals surface area contributed by atoms with E-state index in [0.717, 1.165) is 48.5 Å². The van der Waals surface area contributed by atoms with Crippen LogP contribution < -0.4 is 14.7 Å². The largest absolute Gasteiger partial charge is 0.872 e. The first kappa shape index (κ1) is 27.5. The molecule has 194 valence electrons. The van der Waals surface area contributed by atoms with E-state index in [-0.39, 0.29) is 5.57 Å². The Hall–Kier alpha value is -3.12. The Labute approximate surface area is 215 Å². The standard InChI is InChI=1S/C30H40N2O4/c1-7-22-10-12-23(13-11-22)27-26(29(34)30(35)32(27)17-16-31(8-2)9-3)28(33)24-14-15-25(21(6)18-24)36-19-20(4)5/h10-15,18,20,27,33H,7-9,16-17,19H2,1-6H3/b28-26+. The van der Waals surface area contributed by atoms with Gasteiger partial charge in [0.1, 0.15) is 5.75 Å². The Bertz CT molecular complexity index is 1100. The van der Waals surface area contributed by atoms with Gasteiger partial charge in [-0.05, 0) is 67.5 Å². The van der Waals surface area contributed by atoms with Gasteiger partial charge in [-0.25, -0.2) is 0 Å². The molecule has 1 aliphatic heterocycles. The fourth-order valence-corrected chi connectivity index (χ4v) is 4.63. The first-order valence-electron chi connectivity index (χ1n) is 13.1. The molecule has 1 atom stereocenters. The van der Waals surface area contributed by atoms with Gasteiger partial charge >= 0.3 is 0 Å². The Morgan fingerprint density at radius 1 is 1.06 bits per heavy atom. The highest BCUT2D eigenvalue weighted by Crippen LogP contribution is 2.39. The zero-order valence-electron chi connectivity index (χ0n) is 22.5. The summed E-state index contributed by atoms with van der Waals surface area (Å²) in [6.07, 6.45) is 0.887. The van der Waals surface area contributed by atoms with Crippen molar-refractivity contribution in [3.63, 3.8) is 0 Å². The van der Waals surface area contributed by atoms with Gasteiger partial charge in [0.25, 0.3) is 5.91 Å². The van der Waals surface area contributed by atoms with Crippen molar-refractivity contribution in [3.05, 3.63) is 70.3 Å². The minimum atomic E-state index is -0.697. The number of rotatable bonds is 11. The lowest BCUT2D eigenvalue weighted by molar-refractivity contribution is -0.895. The van der Waals surface area contributed by atoms with E-state index in [1.165, 1.54) is 4.90 Å². The Morgan fingerprint density at radius 3 is 2.28 bits per heavy atom. The molecule has 0 saturated carbocycles. The predicted octanol–water partition coefficient (Wildman–Crippen LogP) is 2.74. The average Bonchev–Trinajstić information content (AvgIpc) is 3.13. The summed E-state index contributed by atoms with van der Waals surface area (Å²) in [4.78, 5) is 29.4.